The summed E-state index contributed by atoms with van der Waals surface area (Å²) < 4.78 is 27.4. The van der Waals surface area contributed by atoms with E-state index in [4.69, 9.17) is 11.6 Å². The van der Waals surface area contributed by atoms with Gasteiger partial charge < -0.3 is 4.90 Å². The average Bonchev–Trinajstić information content (AvgIpc) is 2.95. The number of aryl methyl sites for hydroxylation is 1. The minimum absolute atomic E-state index is 0.305. The van der Waals surface area contributed by atoms with E-state index < -0.39 is 10.0 Å². The first kappa shape index (κ1) is 15.7. The van der Waals surface area contributed by atoms with Gasteiger partial charge in [0.1, 0.15) is 10.0 Å². The Kier molecular flexibility index (Phi) is 4.40. The third-order valence-corrected chi connectivity index (χ3v) is 7.18. The molecule has 3 rings (SSSR count). The lowest BCUT2D eigenvalue weighted by atomic mass is 10.3. The van der Waals surface area contributed by atoms with Gasteiger partial charge in [-0.3, -0.25) is 0 Å². The van der Waals surface area contributed by atoms with E-state index in [1.165, 1.54) is 4.31 Å². The van der Waals surface area contributed by atoms with Gasteiger partial charge in [0.05, 0.1) is 4.34 Å². The Hall–Kier alpha value is -1.15. The highest BCUT2D eigenvalue weighted by molar-refractivity contribution is 7.91. The molecule has 8 heteroatoms. The van der Waals surface area contributed by atoms with Gasteiger partial charge in [-0.1, -0.05) is 17.7 Å². The number of halogens is 1. The van der Waals surface area contributed by atoms with E-state index in [0.29, 0.717) is 34.7 Å². The standard InChI is InChI=1S/C14H16ClN3O2S2/c1-11-3-2-4-13(16-11)17-7-9-18(10-8-17)22(19,20)14-6-5-12(15)21-14/h2-6H,7-10H2,1H3. The minimum Gasteiger partial charge on any atom is -0.354 e. The summed E-state index contributed by atoms with van der Waals surface area (Å²) >= 11 is 6.94. The van der Waals surface area contributed by atoms with Crippen molar-refractivity contribution in [2.75, 3.05) is 31.1 Å². The number of rotatable bonds is 3. The molecule has 0 amide bonds. The molecule has 2 aromatic heterocycles. The van der Waals surface area contributed by atoms with Crippen LogP contribution in [0.4, 0.5) is 5.82 Å². The maximum absolute atomic E-state index is 12.5. The zero-order valence-corrected chi connectivity index (χ0v) is 14.5. The second kappa shape index (κ2) is 6.16. The van der Waals surface area contributed by atoms with Gasteiger partial charge in [-0.2, -0.15) is 4.31 Å². The molecule has 5 nitrogen and oxygen atoms in total. The third-order valence-electron chi connectivity index (χ3n) is 3.58. The van der Waals surface area contributed by atoms with E-state index in [2.05, 4.69) is 9.88 Å². The first-order valence-electron chi connectivity index (χ1n) is 6.91. The third kappa shape index (κ3) is 3.12. The summed E-state index contributed by atoms with van der Waals surface area (Å²) in [6.07, 6.45) is 0. The second-order valence-corrected chi connectivity index (χ2v) is 8.97. The molecular weight excluding hydrogens is 342 g/mol. The van der Waals surface area contributed by atoms with E-state index >= 15 is 0 Å². The summed E-state index contributed by atoms with van der Waals surface area (Å²) in [5, 5.41) is 0. The van der Waals surface area contributed by atoms with Gasteiger partial charge in [-0.05, 0) is 31.2 Å². The molecule has 1 aliphatic heterocycles. The Morgan fingerprint density at radius 3 is 2.45 bits per heavy atom. The molecule has 0 aliphatic carbocycles. The first-order valence-corrected chi connectivity index (χ1v) is 9.54. The van der Waals surface area contributed by atoms with Crippen molar-refractivity contribution in [1.82, 2.24) is 9.29 Å². The lowest BCUT2D eigenvalue weighted by Crippen LogP contribution is -2.48. The molecule has 118 valence electrons. The first-order chi connectivity index (χ1) is 10.5. The van der Waals surface area contributed by atoms with Gasteiger partial charge in [0.25, 0.3) is 10.0 Å². The maximum atomic E-state index is 12.5. The highest BCUT2D eigenvalue weighted by Crippen LogP contribution is 2.29. The van der Waals surface area contributed by atoms with E-state index in [1.54, 1.807) is 12.1 Å². The predicted octanol–water partition coefficient (Wildman–Crippen LogP) is 2.62. The summed E-state index contributed by atoms with van der Waals surface area (Å²) in [5.41, 5.74) is 0.959. The summed E-state index contributed by atoms with van der Waals surface area (Å²) in [6, 6.07) is 9.05. The molecule has 22 heavy (non-hydrogen) atoms. The number of piperazine rings is 1. The van der Waals surface area contributed by atoms with Gasteiger partial charge >= 0.3 is 0 Å². The minimum atomic E-state index is -3.43. The Morgan fingerprint density at radius 1 is 1.14 bits per heavy atom. The van der Waals surface area contributed by atoms with Gasteiger partial charge in [-0.25, -0.2) is 13.4 Å². The number of thiophene rings is 1. The lowest BCUT2D eigenvalue weighted by molar-refractivity contribution is 0.384. The van der Waals surface area contributed by atoms with Crippen LogP contribution >= 0.6 is 22.9 Å². The van der Waals surface area contributed by atoms with Crippen molar-refractivity contribution >= 4 is 38.8 Å². The number of pyridine rings is 1. The molecule has 0 bridgehead atoms. The van der Waals surface area contributed by atoms with Crippen molar-refractivity contribution in [2.45, 2.75) is 11.1 Å². The predicted molar refractivity (Wildman–Crippen MR) is 89.3 cm³/mol. The molecule has 1 saturated heterocycles. The van der Waals surface area contributed by atoms with E-state index in [1.807, 2.05) is 25.1 Å². The topological polar surface area (TPSA) is 53.5 Å². The summed E-state index contributed by atoms with van der Waals surface area (Å²) in [5.74, 6) is 0.899. The maximum Gasteiger partial charge on any atom is 0.252 e. The fourth-order valence-electron chi connectivity index (χ4n) is 2.43. The average molecular weight is 358 g/mol. The van der Waals surface area contributed by atoms with E-state index in [9.17, 15) is 8.42 Å². The monoisotopic (exact) mass is 357 g/mol. The van der Waals surface area contributed by atoms with Crippen molar-refractivity contribution in [3.63, 3.8) is 0 Å². The van der Waals surface area contributed by atoms with E-state index in [-0.39, 0.29) is 0 Å². The Bertz CT molecular complexity index is 768. The van der Waals surface area contributed by atoms with Gasteiger partial charge in [0.15, 0.2) is 0 Å². The van der Waals surface area contributed by atoms with Crippen LogP contribution in [0.1, 0.15) is 5.69 Å². The van der Waals surface area contributed by atoms with Crippen LogP contribution in [-0.2, 0) is 10.0 Å². The normalized spacial score (nSPS) is 16.9. The van der Waals surface area contributed by atoms with Crippen LogP contribution < -0.4 is 4.90 Å². The van der Waals surface area contributed by atoms with Crippen LogP contribution in [0.5, 0.6) is 0 Å². The molecule has 0 aromatic carbocycles. The number of sulfonamides is 1. The van der Waals surface area contributed by atoms with Crippen LogP contribution in [0.3, 0.4) is 0 Å². The highest BCUT2D eigenvalue weighted by Gasteiger charge is 2.30. The lowest BCUT2D eigenvalue weighted by Gasteiger charge is -2.34. The number of aromatic nitrogens is 1. The van der Waals surface area contributed by atoms with Crippen LogP contribution in [-0.4, -0.2) is 43.9 Å². The molecular formula is C14H16ClN3O2S2. The van der Waals surface area contributed by atoms with Crippen LogP contribution in [0.2, 0.25) is 4.34 Å². The molecule has 2 aromatic rings. The number of hydrogen-bond donors (Lipinski definition) is 0. The van der Waals surface area contributed by atoms with Gasteiger partial charge in [0, 0.05) is 31.9 Å². The van der Waals surface area contributed by atoms with Crippen molar-refractivity contribution in [3.05, 3.63) is 40.4 Å². The van der Waals surface area contributed by atoms with Gasteiger partial charge in [0.2, 0.25) is 0 Å². The SMILES string of the molecule is Cc1cccc(N2CCN(S(=O)(=O)c3ccc(Cl)s3)CC2)n1. The number of anilines is 1. The zero-order chi connectivity index (χ0) is 15.7. The molecule has 0 atom stereocenters. The molecule has 0 N–H and O–H groups in total. The van der Waals surface area contributed by atoms with Crippen LogP contribution in [0, 0.1) is 6.92 Å². The molecule has 1 fully saturated rings. The van der Waals surface area contributed by atoms with E-state index in [0.717, 1.165) is 22.8 Å². The second-order valence-electron chi connectivity index (χ2n) is 5.09. The number of hydrogen-bond acceptors (Lipinski definition) is 5. The fourth-order valence-corrected chi connectivity index (χ4v) is 5.49. The zero-order valence-electron chi connectivity index (χ0n) is 12.1. The number of nitrogens with zero attached hydrogens (tertiary/aromatic N) is 3. The Labute approximate surface area is 139 Å². The summed E-state index contributed by atoms with van der Waals surface area (Å²) in [6.45, 7) is 4.12. The molecule has 0 saturated carbocycles. The molecule has 0 radical (unpaired) electrons. The highest BCUT2D eigenvalue weighted by atomic mass is 35.5. The van der Waals surface area contributed by atoms with Crippen molar-refractivity contribution in [3.8, 4) is 0 Å². The smallest absolute Gasteiger partial charge is 0.252 e. The Balaban J connectivity index is 1.72. The van der Waals surface area contributed by atoms with Crippen molar-refractivity contribution in [2.24, 2.45) is 0 Å². The van der Waals surface area contributed by atoms with Crippen molar-refractivity contribution in [1.29, 1.82) is 0 Å². The summed E-state index contributed by atoms with van der Waals surface area (Å²) in [4.78, 5) is 6.60. The fraction of sp³-hybridized carbons (Fsp3) is 0.357. The molecule has 1 aliphatic rings. The Morgan fingerprint density at radius 2 is 1.86 bits per heavy atom. The largest absolute Gasteiger partial charge is 0.354 e. The summed E-state index contributed by atoms with van der Waals surface area (Å²) in [7, 11) is -3.43. The van der Waals surface area contributed by atoms with Crippen molar-refractivity contribution < 1.29 is 8.42 Å². The van der Waals surface area contributed by atoms with Crippen LogP contribution in [0.25, 0.3) is 0 Å². The van der Waals surface area contributed by atoms with Crippen LogP contribution in [0.15, 0.2) is 34.5 Å². The molecule has 3 heterocycles. The molecule has 0 spiro atoms. The quantitative estimate of drug-likeness (QED) is 0.847. The molecule has 0 unspecified atom stereocenters. The van der Waals surface area contributed by atoms with Gasteiger partial charge in [-0.15, -0.1) is 11.3 Å².